The minimum Gasteiger partial charge on any atom is -0.481 e. The van der Waals surface area contributed by atoms with E-state index in [-0.39, 0.29) is 25.5 Å². The molecule has 1 aliphatic rings. The molecular weight excluding hydrogens is 422 g/mol. The van der Waals surface area contributed by atoms with Gasteiger partial charge in [0.25, 0.3) is 5.91 Å². The summed E-state index contributed by atoms with van der Waals surface area (Å²) in [7, 11) is 0. The summed E-state index contributed by atoms with van der Waals surface area (Å²) in [5.74, 6) is -7.27. The Hall–Kier alpha value is -3.49. The molecule has 170 valence electrons. The van der Waals surface area contributed by atoms with Crippen molar-refractivity contribution in [2.45, 2.75) is 25.2 Å². The number of hydrogen-bond donors (Lipinski definition) is 3. The van der Waals surface area contributed by atoms with Gasteiger partial charge < -0.3 is 20.5 Å². The van der Waals surface area contributed by atoms with E-state index in [1.165, 1.54) is 6.92 Å². The van der Waals surface area contributed by atoms with Crippen molar-refractivity contribution in [3.63, 3.8) is 0 Å². The molecule has 0 heterocycles. The normalized spacial score (nSPS) is 13.6. The van der Waals surface area contributed by atoms with Crippen LogP contribution < -0.4 is 10.6 Å². The highest BCUT2D eigenvalue weighted by atomic mass is 19.3. The van der Waals surface area contributed by atoms with Gasteiger partial charge in [-0.25, -0.2) is 4.79 Å². The van der Waals surface area contributed by atoms with Gasteiger partial charge in [-0.05, 0) is 28.2 Å². The second-order valence-corrected chi connectivity index (χ2v) is 7.80. The Balaban J connectivity index is 1.51. The number of hydrogen-bond acceptors (Lipinski definition) is 4. The predicted octanol–water partition coefficient (Wildman–Crippen LogP) is 3.39. The van der Waals surface area contributed by atoms with E-state index in [9.17, 15) is 23.2 Å². The predicted molar refractivity (Wildman–Crippen MR) is 112 cm³/mol. The van der Waals surface area contributed by atoms with Gasteiger partial charge in [0, 0.05) is 18.9 Å². The van der Waals surface area contributed by atoms with Gasteiger partial charge in [-0.2, -0.15) is 8.78 Å². The van der Waals surface area contributed by atoms with Crippen LogP contribution in [0.5, 0.6) is 0 Å². The van der Waals surface area contributed by atoms with Crippen molar-refractivity contribution in [2.75, 3.05) is 19.7 Å². The molecule has 0 bridgehead atoms. The fourth-order valence-corrected chi connectivity index (χ4v) is 3.68. The maximum atomic E-state index is 14.0. The smallest absolute Gasteiger partial charge is 0.407 e. The van der Waals surface area contributed by atoms with Crippen LogP contribution in [0.3, 0.4) is 0 Å². The van der Waals surface area contributed by atoms with Crippen LogP contribution in [-0.2, 0) is 14.3 Å². The average molecular weight is 446 g/mol. The SMILES string of the molecule is CC(CNC(=O)C(F)(F)CNC(=O)OCC1c2ccccc2-c2ccccc21)CC(=O)O. The van der Waals surface area contributed by atoms with E-state index in [4.69, 9.17) is 9.84 Å². The van der Waals surface area contributed by atoms with Crippen LogP contribution in [-0.4, -0.2) is 48.7 Å². The quantitative estimate of drug-likeness (QED) is 0.548. The number of carbonyl (C=O) groups excluding carboxylic acids is 2. The van der Waals surface area contributed by atoms with Gasteiger partial charge in [0.05, 0.1) is 6.54 Å². The minimum absolute atomic E-state index is 0.0374. The third-order valence-electron chi connectivity index (χ3n) is 5.26. The highest BCUT2D eigenvalue weighted by molar-refractivity contribution is 5.84. The van der Waals surface area contributed by atoms with Crippen LogP contribution in [0.25, 0.3) is 11.1 Å². The summed E-state index contributed by atoms with van der Waals surface area (Å²) in [5, 5.41) is 12.6. The molecule has 2 aromatic carbocycles. The van der Waals surface area contributed by atoms with Crippen molar-refractivity contribution in [1.29, 1.82) is 0 Å². The number of carbonyl (C=O) groups is 3. The number of aliphatic carboxylic acids is 1. The number of rotatable bonds is 9. The number of carboxylic acids is 1. The Labute approximate surface area is 183 Å². The average Bonchev–Trinajstić information content (AvgIpc) is 3.08. The number of ether oxygens (including phenoxy) is 1. The number of amides is 2. The van der Waals surface area contributed by atoms with Crippen LogP contribution >= 0.6 is 0 Å². The monoisotopic (exact) mass is 446 g/mol. The lowest BCUT2D eigenvalue weighted by atomic mass is 9.98. The first-order chi connectivity index (χ1) is 15.2. The first-order valence-electron chi connectivity index (χ1n) is 10.2. The first-order valence-corrected chi connectivity index (χ1v) is 10.2. The summed E-state index contributed by atoms with van der Waals surface area (Å²) in [5.41, 5.74) is 4.05. The van der Waals surface area contributed by atoms with E-state index >= 15 is 0 Å². The lowest BCUT2D eigenvalue weighted by Crippen LogP contribution is -2.49. The number of alkyl halides is 2. The number of alkyl carbamates (subject to hydrolysis) is 1. The van der Waals surface area contributed by atoms with Gasteiger partial charge in [-0.1, -0.05) is 55.5 Å². The van der Waals surface area contributed by atoms with Gasteiger partial charge in [0.2, 0.25) is 0 Å². The summed E-state index contributed by atoms with van der Waals surface area (Å²) >= 11 is 0. The van der Waals surface area contributed by atoms with E-state index in [2.05, 4.69) is 0 Å². The Kier molecular flexibility index (Phi) is 7.07. The van der Waals surface area contributed by atoms with Gasteiger partial charge in [0.15, 0.2) is 0 Å². The molecule has 2 amide bonds. The second kappa shape index (κ2) is 9.76. The summed E-state index contributed by atoms with van der Waals surface area (Å²) in [6, 6.07) is 15.4. The van der Waals surface area contributed by atoms with Crippen LogP contribution in [0.4, 0.5) is 13.6 Å². The van der Waals surface area contributed by atoms with Crippen molar-refractivity contribution >= 4 is 18.0 Å². The Bertz CT molecular complexity index is 966. The molecule has 0 fully saturated rings. The molecule has 0 aliphatic heterocycles. The third-order valence-corrected chi connectivity index (χ3v) is 5.26. The van der Waals surface area contributed by atoms with Crippen LogP contribution in [0.2, 0.25) is 0 Å². The number of halogens is 2. The van der Waals surface area contributed by atoms with Crippen molar-refractivity contribution in [1.82, 2.24) is 10.6 Å². The lowest BCUT2D eigenvalue weighted by molar-refractivity contribution is -0.145. The van der Waals surface area contributed by atoms with Gasteiger partial charge >= 0.3 is 18.0 Å². The zero-order chi connectivity index (χ0) is 23.3. The number of carboxylic acid groups (broad SMARTS) is 1. The maximum Gasteiger partial charge on any atom is 0.407 e. The molecule has 0 saturated carbocycles. The van der Waals surface area contributed by atoms with Crippen molar-refractivity contribution in [3.05, 3.63) is 59.7 Å². The Morgan fingerprint density at radius 1 is 1.03 bits per heavy atom. The molecule has 1 atom stereocenters. The highest BCUT2D eigenvalue weighted by Gasteiger charge is 2.39. The molecular formula is C23H24F2N2O5. The Morgan fingerprint density at radius 3 is 2.16 bits per heavy atom. The molecule has 3 rings (SSSR count). The molecule has 0 aromatic heterocycles. The van der Waals surface area contributed by atoms with Crippen LogP contribution in [0.1, 0.15) is 30.4 Å². The van der Waals surface area contributed by atoms with Crippen LogP contribution in [0, 0.1) is 5.92 Å². The van der Waals surface area contributed by atoms with E-state index in [0.29, 0.717) is 0 Å². The zero-order valence-corrected chi connectivity index (χ0v) is 17.4. The summed E-state index contributed by atoms with van der Waals surface area (Å²) in [6.07, 6.45) is -1.32. The number of benzene rings is 2. The van der Waals surface area contributed by atoms with Crippen molar-refractivity contribution < 1.29 is 33.0 Å². The fourth-order valence-electron chi connectivity index (χ4n) is 3.68. The number of fused-ring (bicyclic) bond motifs is 3. The molecule has 1 unspecified atom stereocenters. The maximum absolute atomic E-state index is 14.0. The van der Waals surface area contributed by atoms with E-state index in [1.807, 2.05) is 59.2 Å². The molecule has 7 nitrogen and oxygen atoms in total. The standard InChI is InChI=1S/C23H24F2N2O5/c1-14(10-20(28)29)11-26-21(30)23(24,25)13-27-22(31)32-12-19-17-8-4-2-6-15(17)16-7-3-5-9-18(16)19/h2-9,14,19H,10-13H2,1H3,(H,26,30)(H,27,31)(H,28,29). The summed E-state index contributed by atoms with van der Waals surface area (Å²) in [6.45, 7) is 0.0281. The van der Waals surface area contributed by atoms with E-state index in [1.54, 1.807) is 0 Å². The van der Waals surface area contributed by atoms with E-state index in [0.717, 1.165) is 22.3 Å². The highest BCUT2D eigenvalue weighted by Crippen LogP contribution is 2.44. The molecule has 0 spiro atoms. The zero-order valence-electron chi connectivity index (χ0n) is 17.4. The van der Waals surface area contributed by atoms with Crippen molar-refractivity contribution in [2.24, 2.45) is 5.92 Å². The lowest BCUT2D eigenvalue weighted by Gasteiger charge is -2.19. The van der Waals surface area contributed by atoms with Crippen LogP contribution in [0.15, 0.2) is 48.5 Å². The molecule has 3 N–H and O–H groups in total. The summed E-state index contributed by atoms with van der Waals surface area (Å²) in [4.78, 5) is 34.3. The molecule has 0 saturated heterocycles. The number of nitrogens with one attached hydrogen (secondary N) is 2. The molecule has 0 radical (unpaired) electrons. The topological polar surface area (TPSA) is 105 Å². The van der Waals surface area contributed by atoms with Crippen molar-refractivity contribution in [3.8, 4) is 11.1 Å². The molecule has 1 aliphatic carbocycles. The third kappa shape index (κ3) is 5.40. The first kappa shape index (κ1) is 23.2. The Morgan fingerprint density at radius 2 is 1.59 bits per heavy atom. The molecule has 2 aromatic rings. The fraction of sp³-hybridized carbons (Fsp3) is 0.348. The van der Waals surface area contributed by atoms with E-state index < -0.39 is 36.4 Å². The van der Waals surface area contributed by atoms with Gasteiger partial charge in [-0.15, -0.1) is 0 Å². The van der Waals surface area contributed by atoms with Gasteiger partial charge in [-0.3, -0.25) is 9.59 Å². The minimum atomic E-state index is -3.87. The largest absolute Gasteiger partial charge is 0.481 e. The van der Waals surface area contributed by atoms with Gasteiger partial charge in [0.1, 0.15) is 6.61 Å². The molecule has 32 heavy (non-hydrogen) atoms. The second-order valence-electron chi connectivity index (χ2n) is 7.80. The summed E-state index contributed by atoms with van der Waals surface area (Å²) < 4.78 is 33.2. The molecule has 9 heteroatoms.